The lowest BCUT2D eigenvalue weighted by atomic mass is 10.2. The molecule has 1 aromatic carbocycles. The maximum absolute atomic E-state index is 12.5. The number of nitrogens with zero attached hydrogens (tertiary/aromatic N) is 2. The molecule has 0 radical (unpaired) electrons. The van der Waals surface area contributed by atoms with Crippen molar-refractivity contribution in [2.75, 3.05) is 17.7 Å². The normalized spacial score (nSPS) is 10.4. The number of ether oxygens (including phenoxy) is 1. The van der Waals surface area contributed by atoms with Gasteiger partial charge in [-0.1, -0.05) is 17.7 Å². The molecule has 0 fully saturated rings. The Hall–Kier alpha value is -3.06. The Balaban J connectivity index is 1.79. The molecule has 0 spiro atoms. The van der Waals surface area contributed by atoms with Crippen LogP contribution < -0.4 is 10.6 Å². The molecule has 0 aliphatic rings. The van der Waals surface area contributed by atoms with Gasteiger partial charge in [-0.25, -0.2) is 9.78 Å². The molecule has 3 aromatic rings. The lowest BCUT2D eigenvalue weighted by molar-refractivity contribution is 0.102. The number of nitrogens with one attached hydrogen (secondary N) is 2. The van der Waals surface area contributed by atoms with Crippen molar-refractivity contribution in [3.05, 3.63) is 59.5 Å². The molecule has 0 unspecified atom stereocenters. The number of rotatable bonds is 3. The average Bonchev–Trinajstić information content (AvgIpc) is 2.92. The minimum atomic E-state index is -0.565. The summed E-state index contributed by atoms with van der Waals surface area (Å²) in [6, 6.07) is 11.9. The van der Waals surface area contributed by atoms with Gasteiger partial charge >= 0.3 is 6.09 Å². The van der Waals surface area contributed by atoms with Crippen molar-refractivity contribution < 1.29 is 14.3 Å². The fraction of sp³-hybridized carbons (Fsp3) is 0.0625. The van der Waals surface area contributed by atoms with Crippen LogP contribution in [0.3, 0.4) is 0 Å². The van der Waals surface area contributed by atoms with Crippen molar-refractivity contribution in [3.8, 4) is 0 Å². The third-order valence-electron chi connectivity index (χ3n) is 3.28. The summed E-state index contributed by atoms with van der Waals surface area (Å²) in [5.74, 6) is -0.382. The molecule has 0 aliphatic heterocycles. The van der Waals surface area contributed by atoms with Crippen LogP contribution in [0.1, 0.15) is 10.5 Å². The SMILES string of the molecule is COC(=O)Nc1ccc(NC(=O)c2c(Cl)nc3ccccn23)cc1. The third kappa shape index (κ3) is 3.16. The summed E-state index contributed by atoms with van der Waals surface area (Å²) < 4.78 is 6.12. The number of benzene rings is 1. The first-order valence-corrected chi connectivity index (χ1v) is 7.35. The fourth-order valence-electron chi connectivity index (χ4n) is 2.17. The van der Waals surface area contributed by atoms with E-state index in [4.69, 9.17) is 11.6 Å². The average molecular weight is 345 g/mol. The maximum Gasteiger partial charge on any atom is 0.411 e. The number of pyridine rings is 1. The Bertz CT molecular complexity index is 905. The van der Waals surface area contributed by atoms with Crippen LogP contribution in [-0.4, -0.2) is 28.5 Å². The molecule has 0 saturated carbocycles. The Labute approximate surface area is 142 Å². The number of amides is 2. The number of methoxy groups -OCH3 is 1. The quantitative estimate of drug-likeness (QED) is 0.762. The highest BCUT2D eigenvalue weighted by atomic mass is 35.5. The number of carbonyl (C=O) groups is 2. The van der Waals surface area contributed by atoms with Crippen LogP contribution in [0.2, 0.25) is 5.15 Å². The fourth-order valence-corrected chi connectivity index (χ4v) is 2.43. The smallest absolute Gasteiger partial charge is 0.411 e. The van der Waals surface area contributed by atoms with E-state index in [0.29, 0.717) is 17.0 Å². The van der Waals surface area contributed by atoms with Crippen LogP contribution in [0.5, 0.6) is 0 Å². The van der Waals surface area contributed by atoms with Gasteiger partial charge in [0.25, 0.3) is 5.91 Å². The molecule has 2 amide bonds. The molecule has 3 rings (SSSR count). The van der Waals surface area contributed by atoms with Crippen LogP contribution in [-0.2, 0) is 4.74 Å². The maximum atomic E-state index is 12.5. The van der Waals surface area contributed by atoms with Crippen molar-refractivity contribution in [3.63, 3.8) is 0 Å². The number of imidazole rings is 1. The topological polar surface area (TPSA) is 84.7 Å². The first kappa shape index (κ1) is 15.8. The van der Waals surface area contributed by atoms with Gasteiger partial charge in [-0.3, -0.25) is 14.5 Å². The second kappa shape index (κ2) is 6.59. The van der Waals surface area contributed by atoms with Gasteiger partial charge in [-0.2, -0.15) is 0 Å². The van der Waals surface area contributed by atoms with Crippen molar-refractivity contribution in [1.82, 2.24) is 9.38 Å². The van der Waals surface area contributed by atoms with E-state index in [2.05, 4.69) is 20.4 Å². The van der Waals surface area contributed by atoms with E-state index in [0.717, 1.165) is 0 Å². The number of halogens is 1. The lowest BCUT2D eigenvalue weighted by Crippen LogP contribution is -2.15. The molecule has 7 nitrogen and oxygen atoms in total. The zero-order chi connectivity index (χ0) is 17.1. The van der Waals surface area contributed by atoms with Crippen LogP contribution in [0, 0.1) is 0 Å². The minimum absolute atomic E-state index is 0.127. The zero-order valence-electron chi connectivity index (χ0n) is 12.6. The summed E-state index contributed by atoms with van der Waals surface area (Å²) in [5.41, 5.74) is 1.94. The monoisotopic (exact) mass is 344 g/mol. The predicted molar refractivity (Wildman–Crippen MR) is 90.6 cm³/mol. The van der Waals surface area contributed by atoms with E-state index in [1.165, 1.54) is 7.11 Å². The van der Waals surface area contributed by atoms with Gasteiger partial charge in [0, 0.05) is 17.6 Å². The third-order valence-corrected chi connectivity index (χ3v) is 3.54. The number of anilines is 2. The van der Waals surface area contributed by atoms with Crippen LogP contribution in [0.4, 0.5) is 16.2 Å². The summed E-state index contributed by atoms with van der Waals surface area (Å²) >= 11 is 6.07. The number of aromatic nitrogens is 2. The largest absolute Gasteiger partial charge is 0.453 e. The van der Waals surface area contributed by atoms with Crippen LogP contribution >= 0.6 is 11.6 Å². The number of carbonyl (C=O) groups excluding carboxylic acids is 2. The summed E-state index contributed by atoms with van der Waals surface area (Å²) in [6.07, 6.45) is 1.15. The van der Waals surface area contributed by atoms with Crippen LogP contribution in [0.15, 0.2) is 48.7 Å². The Morgan fingerprint density at radius 1 is 1.08 bits per heavy atom. The first-order chi connectivity index (χ1) is 11.6. The van der Waals surface area contributed by atoms with Gasteiger partial charge in [0.2, 0.25) is 0 Å². The van der Waals surface area contributed by atoms with E-state index < -0.39 is 6.09 Å². The van der Waals surface area contributed by atoms with Crippen molar-refractivity contribution in [1.29, 1.82) is 0 Å². The Kier molecular flexibility index (Phi) is 4.35. The molecular weight excluding hydrogens is 332 g/mol. The number of hydrogen-bond donors (Lipinski definition) is 2. The molecule has 2 heterocycles. The first-order valence-electron chi connectivity index (χ1n) is 6.97. The lowest BCUT2D eigenvalue weighted by Gasteiger charge is -2.07. The highest BCUT2D eigenvalue weighted by Gasteiger charge is 2.17. The zero-order valence-corrected chi connectivity index (χ0v) is 13.4. The highest BCUT2D eigenvalue weighted by Crippen LogP contribution is 2.20. The molecule has 8 heteroatoms. The van der Waals surface area contributed by atoms with Gasteiger partial charge in [-0.05, 0) is 36.4 Å². The second-order valence-electron chi connectivity index (χ2n) is 4.83. The number of hydrogen-bond acceptors (Lipinski definition) is 4. The van der Waals surface area contributed by atoms with E-state index in [9.17, 15) is 9.59 Å². The molecule has 0 aliphatic carbocycles. The standard InChI is InChI=1S/C16H13ClN4O3/c1-24-16(23)19-11-7-5-10(6-8-11)18-15(22)13-14(17)20-12-4-2-3-9-21(12)13/h2-9H,1H3,(H,18,22)(H,19,23). The number of fused-ring (bicyclic) bond motifs is 1. The van der Waals surface area contributed by atoms with Gasteiger partial charge in [0.1, 0.15) is 5.65 Å². The molecular formula is C16H13ClN4O3. The second-order valence-corrected chi connectivity index (χ2v) is 5.19. The molecule has 122 valence electrons. The Morgan fingerprint density at radius 3 is 2.42 bits per heavy atom. The highest BCUT2D eigenvalue weighted by molar-refractivity contribution is 6.33. The molecule has 0 atom stereocenters. The van der Waals surface area contributed by atoms with Crippen molar-refractivity contribution in [2.24, 2.45) is 0 Å². The van der Waals surface area contributed by atoms with E-state index in [1.807, 2.05) is 6.07 Å². The van der Waals surface area contributed by atoms with Crippen LogP contribution in [0.25, 0.3) is 5.65 Å². The molecule has 24 heavy (non-hydrogen) atoms. The van der Waals surface area contributed by atoms with Gasteiger partial charge in [-0.15, -0.1) is 0 Å². The summed E-state index contributed by atoms with van der Waals surface area (Å²) in [6.45, 7) is 0. The summed E-state index contributed by atoms with van der Waals surface area (Å²) in [4.78, 5) is 27.7. The van der Waals surface area contributed by atoms with Gasteiger partial charge in [0.15, 0.2) is 10.8 Å². The van der Waals surface area contributed by atoms with Crippen molar-refractivity contribution >= 4 is 40.6 Å². The molecule has 0 saturated heterocycles. The summed E-state index contributed by atoms with van der Waals surface area (Å²) in [5, 5.41) is 5.40. The van der Waals surface area contributed by atoms with Gasteiger partial charge < -0.3 is 10.1 Å². The molecule has 2 aromatic heterocycles. The molecule has 0 bridgehead atoms. The van der Waals surface area contributed by atoms with Crippen molar-refractivity contribution in [2.45, 2.75) is 0 Å². The predicted octanol–water partition coefficient (Wildman–Crippen LogP) is 3.42. The van der Waals surface area contributed by atoms with E-state index in [1.54, 1.807) is 47.0 Å². The minimum Gasteiger partial charge on any atom is -0.453 e. The van der Waals surface area contributed by atoms with E-state index >= 15 is 0 Å². The van der Waals surface area contributed by atoms with Gasteiger partial charge in [0.05, 0.1) is 7.11 Å². The molecule has 2 N–H and O–H groups in total. The van der Waals surface area contributed by atoms with E-state index in [-0.39, 0.29) is 16.8 Å². The summed E-state index contributed by atoms with van der Waals surface area (Å²) in [7, 11) is 1.28. The Morgan fingerprint density at radius 2 is 1.75 bits per heavy atom.